The normalized spacial score (nSPS) is 16.3. The van der Waals surface area contributed by atoms with Crippen LogP contribution in [-0.2, 0) is 0 Å². The molecule has 1 aliphatic rings. The van der Waals surface area contributed by atoms with Crippen LogP contribution in [0, 0.1) is 12.8 Å². The third-order valence-electron chi connectivity index (χ3n) is 4.50. The van der Waals surface area contributed by atoms with Crippen molar-refractivity contribution in [2.75, 3.05) is 31.1 Å². The topological polar surface area (TPSA) is 15.3 Å². The first kappa shape index (κ1) is 15.4. The summed E-state index contributed by atoms with van der Waals surface area (Å²) < 4.78 is 0. The van der Waals surface area contributed by atoms with Gasteiger partial charge in [0.25, 0.3) is 0 Å². The second-order valence-electron chi connectivity index (χ2n) is 6.12. The molecule has 1 fully saturated rings. The highest BCUT2D eigenvalue weighted by Gasteiger charge is 2.12. The largest absolute Gasteiger partial charge is 0.371 e. The van der Waals surface area contributed by atoms with E-state index in [9.17, 15) is 0 Å². The highest BCUT2D eigenvalue weighted by Crippen LogP contribution is 2.22. The number of hydrogen-bond donors (Lipinski definition) is 1. The van der Waals surface area contributed by atoms with Gasteiger partial charge in [0, 0.05) is 25.3 Å². The number of rotatable bonds is 7. The molecule has 0 aromatic heterocycles. The molecule has 0 spiro atoms. The predicted molar refractivity (Wildman–Crippen MR) is 88.5 cm³/mol. The molecule has 2 heteroatoms. The molecule has 1 saturated carbocycles. The number of nitrogens with zero attached hydrogens (tertiary/aromatic N) is 1. The third-order valence-corrected chi connectivity index (χ3v) is 4.50. The van der Waals surface area contributed by atoms with Crippen molar-refractivity contribution in [3.05, 3.63) is 29.8 Å². The van der Waals surface area contributed by atoms with Gasteiger partial charge in [-0.05, 0) is 51.3 Å². The SMILES string of the molecule is CCN(CCNCC1CCCCC1)c1ccc(C)cc1. The zero-order valence-electron chi connectivity index (χ0n) is 13.2. The standard InChI is InChI=1S/C18H30N2/c1-3-20(18-11-9-16(2)10-12-18)14-13-19-15-17-7-5-4-6-8-17/h9-12,17,19H,3-8,13-15H2,1-2H3. The van der Waals surface area contributed by atoms with Gasteiger partial charge >= 0.3 is 0 Å². The lowest BCUT2D eigenvalue weighted by Crippen LogP contribution is -2.34. The van der Waals surface area contributed by atoms with Crippen molar-refractivity contribution in [1.29, 1.82) is 0 Å². The summed E-state index contributed by atoms with van der Waals surface area (Å²) in [4.78, 5) is 2.45. The van der Waals surface area contributed by atoms with Crippen molar-refractivity contribution in [3.8, 4) is 0 Å². The molecule has 0 saturated heterocycles. The van der Waals surface area contributed by atoms with Crippen LogP contribution in [-0.4, -0.2) is 26.2 Å². The Morgan fingerprint density at radius 1 is 1.10 bits per heavy atom. The van der Waals surface area contributed by atoms with Gasteiger partial charge in [-0.1, -0.05) is 37.0 Å². The van der Waals surface area contributed by atoms with E-state index in [2.05, 4.69) is 48.3 Å². The van der Waals surface area contributed by atoms with Gasteiger partial charge in [0.15, 0.2) is 0 Å². The van der Waals surface area contributed by atoms with E-state index in [-0.39, 0.29) is 0 Å². The van der Waals surface area contributed by atoms with Crippen LogP contribution in [0.5, 0.6) is 0 Å². The molecule has 0 radical (unpaired) electrons. The highest BCUT2D eigenvalue weighted by atomic mass is 15.1. The minimum absolute atomic E-state index is 0.929. The van der Waals surface area contributed by atoms with Gasteiger partial charge in [-0.3, -0.25) is 0 Å². The number of aryl methyl sites for hydroxylation is 1. The summed E-state index contributed by atoms with van der Waals surface area (Å²) in [5, 5.41) is 3.66. The maximum atomic E-state index is 3.66. The number of anilines is 1. The number of nitrogens with one attached hydrogen (secondary N) is 1. The van der Waals surface area contributed by atoms with Crippen LogP contribution in [0.1, 0.15) is 44.6 Å². The zero-order chi connectivity index (χ0) is 14.2. The Hall–Kier alpha value is -1.02. The maximum absolute atomic E-state index is 3.66. The predicted octanol–water partition coefficient (Wildman–Crippen LogP) is 3.99. The summed E-state index contributed by atoms with van der Waals surface area (Å²) in [6, 6.07) is 8.88. The fourth-order valence-electron chi connectivity index (χ4n) is 3.14. The Balaban J connectivity index is 1.69. The van der Waals surface area contributed by atoms with E-state index in [4.69, 9.17) is 0 Å². The smallest absolute Gasteiger partial charge is 0.0366 e. The van der Waals surface area contributed by atoms with Gasteiger partial charge in [0.05, 0.1) is 0 Å². The van der Waals surface area contributed by atoms with E-state index in [0.717, 1.165) is 25.6 Å². The fraction of sp³-hybridized carbons (Fsp3) is 0.667. The average Bonchev–Trinajstić information content (AvgIpc) is 2.50. The zero-order valence-corrected chi connectivity index (χ0v) is 13.2. The summed E-state index contributed by atoms with van der Waals surface area (Å²) in [5.41, 5.74) is 2.68. The fourth-order valence-corrected chi connectivity index (χ4v) is 3.14. The van der Waals surface area contributed by atoms with Crippen LogP contribution in [0.2, 0.25) is 0 Å². The van der Waals surface area contributed by atoms with Crippen molar-refractivity contribution in [2.24, 2.45) is 5.92 Å². The molecule has 0 unspecified atom stereocenters. The first-order valence-electron chi connectivity index (χ1n) is 8.32. The minimum Gasteiger partial charge on any atom is -0.371 e. The summed E-state index contributed by atoms with van der Waals surface area (Å²) in [7, 11) is 0. The molecule has 1 aromatic rings. The summed E-state index contributed by atoms with van der Waals surface area (Å²) in [6.45, 7) is 8.87. The monoisotopic (exact) mass is 274 g/mol. The van der Waals surface area contributed by atoms with Crippen LogP contribution in [0.25, 0.3) is 0 Å². The van der Waals surface area contributed by atoms with Gasteiger partial charge in [-0.2, -0.15) is 0 Å². The maximum Gasteiger partial charge on any atom is 0.0366 e. The van der Waals surface area contributed by atoms with Crippen LogP contribution >= 0.6 is 0 Å². The Bertz CT molecular complexity index is 366. The van der Waals surface area contributed by atoms with E-state index < -0.39 is 0 Å². The van der Waals surface area contributed by atoms with E-state index in [1.54, 1.807) is 0 Å². The van der Waals surface area contributed by atoms with Gasteiger partial charge in [0.1, 0.15) is 0 Å². The van der Waals surface area contributed by atoms with E-state index in [0.29, 0.717) is 0 Å². The Morgan fingerprint density at radius 2 is 1.80 bits per heavy atom. The molecular formula is C18H30N2. The molecule has 1 aromatic carbocycles. The van der Waals surface area contributed by atoms with Crippen LogP contribution in [0.3, 0.4) is 0 Å². The van der Waals surface area contributed by atoms with Gasteiger partial charge in [-0.25, -0.2) is 0 Å². The Kier molecular flexibility index (Phi) is 6.38. The summed E-state index contributed by atoms with van der Waals surface area (Å²) in [5.74, 6) is 0.929. The molecule has 0 amide bonds. The summed E-state index contributed by atoms with van der Waals surface area (Å²) in [6.07, 6.45) is 7.20. The molecule has 1 aliphatic carbocycles. The van der Waals surface area contributed by atoms with Crippen molar-refractivity contribution < 1.29 is 0 Å². The second-order valence-corrected chi connectivity index (χ2v) is 6.12. The van der Waals surface area contributed by atoms with Crippen LogP contribution in [0.4, 0.5) is 5.69 Å². The molecule has 0 bridgehead atoms. The van der Waals surface area contributed by atoms with Crippen LogP contribution < -0.4 is 10.2 Å². The first-order valence-corrected chi connectivity index (χ1v) is 8.32. The lowest BCUT2D eigenvalue weighted by atomic mass is 9.89. The third kappa shape index (κ3) is 4.82. The molecule has 1 N–H and O–H groups in total. The van der Waals surface area contributed by atoms with Gasteiger partial charge < -0.3 is 10.2 Å². The molecule has 2 nitrogen and oxygen atoms in total. The molecule has 0 atom stereocenters. The van der Waals surface area contributed by atoms with Crippen LogP contribution in [0.15, 0.2) is 24.3 Å². The lowest BCUT2D eigenvalue weighted by Gasteiger charge is -2.25. The lowest BCUT2D eigenvalue weighted by molar-refractivity contribution is 0.343. The second kappa shape index (κ2) is 8.31. The van der Waals surface area contributed by atoms with E-state index in [1.165, 1.54) is 49.9 Å². The number of hydrogen-bond acceptors (Lipinski definition) is 2. The molecule has 0 heterocycles. The van der Waals surface area contributed by atoms with Crippen molar-refractivity contribution in [1.82, 2.24) is 5.32 Å². The average molecular weight is 274 g/mol. The number of benzene rings is 1. The molecule has 0 aliphatic heterocycles. The van der Waals surface area contributed by atoms with E-state index in [1.807, 2.05) is 0 Å². The van der Waals surface area contributed by atoms with Crippen molar-refractivity contribution >= 4 is 5.69 Å². The minimum atomic E-state index is 0.929. The highest BCUT2D eigenvalue weighted by molar-refractivity contribution is 5.47. The molecule has 112 valence electrons. The molecule has 2 rings (SSSR count). The number of likely N-dealkylation sites (N-methyl/N-ethyl adjacent to an activating group) is 1. The Morgan fingerprint density at radius 3 is 2.45 bits per heavy atom. The van der Waals surface area contributed by atoms with Crippen molar-refractivity contribution in [3.63, 3.8) is 0 Å². The Labute approximate surface area is 124 Å². The molecular weight excluding hydrogens is 244 g/mol. The van der Waals surface area contributed by atoms with E-state index >= 15 is 0 Å². The van der Waals surface area contributed by atoms with Crippen molar-refractivity contribution in [2.45, 2.75) is 46.0 Å². The quantitative estimate of drug-likeness (QED) is 0.756. The van der Waals surface area contributed by atoms with Gasteiger partial charge in [-0.15, -0.1) is 0 Å². The summed E-state index contributed by atoms with van der Waals surface area (Å²) >= 11 is 0. The van der Waals surface area contributed by atoms with Gasteiger partial charge in [0.2, 0.25) is 0 Å². The first-order chi connectivity index (χ1) is 9.79. The molecule has 20 heavy (non-hydrogen) atoms.